The summed E-state index contributed by atoms with van der Waals surface area (Å²) in [4.78, 5) is 51.9. The Bertz CT molecular complexity index is 1160. The minimum Gasteiger partial charge on any atom is -0.493 e. The summed E-state index contributed by atoms with van der Waals surface area (Å²) in [5.74, 6) is -0.459. The third kappa shape index (κ3) is 10.1. The fraction of sp³-hybridized carbons (Fsp3) is 0.448. The van der Waals surface area contributed by atoms with Crippen molar-refractivity contribution >= 4 is 35.2 Å². The third-order valence-electron chi connectivity index (χ3n) is 6.13. The molecule has 0 saturated carbocycles. The lowest BCUT2D eigenvalue weighted by Gasteiger charge is -2.22. The summed E-state index contributed by atoms with van der Waals surface area (Å²) in [6.07, 6.45) is 0.934. The minimum atomic E-state index is -1.01. The molecule has 0 saturated heterocycles. The van der Waals surface area contributed by atoms with Crippen LogP contribution in [0.3, 0.4) is 0 Å². The number of hydrogen-bond donors (Lipinski definition) is 4. The van der Waals surface area contributed by atoms with Crippen molar-refractivity contribution in [1.29, 1.82) is 0 Å². The molecule has 0 aliphatic carbocycles. The van der Waals surface area contributed by atoms with Crippen molar-refractivity contribution in [3.8, 4) is 11.5 Å². The Labute approximate surface area is 239 Å². The zero-order valence-electron chi connectivity index (χ0n) is 22.8. The lowest BCUT2D eigenvalue weighted by Crippen LogP contribution is -2.50. The summed E-state index contributed by atoms with van der Waals surface area (Å²) in [5.41, 5.74) is 0.268. The number of rotatable bonds is 7. The Morgan fingerprint density at radius 3 is 2.60 bits per heavy atom. The van der Waals surface area contributed by atoms with Gasteiger partial charge in [-0.15, -0.1) is 0 Å². The number of ether oxygens (including phenoxy) is 2. The summed E-state index contributed by atoms with van der Waals surface area (Å²) in [7, 11) is 0. The van der Waals surface area contributed by atoms with Gasteiger partial charge in [0, 0.05) is 18.0 Å². The van der Waals surface area contributed by atoms with Crippen LogP contribution in [0.1, 0.15) is 49.9 Å². The van der Waals surface area contributed by atoms with Gasteiger partial charge in [-0.1, -0.05) is 37.6 Å². The van der Waals surface area contributed by atoms with E-state index in [9.17, 15) is 19.2 Å². The molecule has 0 spiro atoms. The van der Waals surface area contributed by atoms with Gasteiger partial charge in [0.1, 0.15) is 30.2 Å². The molecule has 1 unspecified atom stereocenters. The molecule has 1 aliphatic heterocycles. The first-order valence-electron chi connectivity index (χ1n) is 13.5. The minimum absolute atomic E-state index is 0.0283. The summed E-state index contributed by atoms with van der Waals surface area (Å²) < 4.78 is 11.4. The molecule has 2 aromatic rings. The number of hydrogen-bond acceptors (Lipinski definition) is 6. The highest BCUT2D eigenvalue weighted by Gasteiger charge is 2.26. The maximum Gasteiger partial charge on any atom is 0.255 e. The topological polar surface area (TPSA) is 135 Å². The Kier molecular flexibility index (Phi) is 12.1. The van der Waals surface area contributed by atoms with Gasteiger partial charge in [-0.3, -0.25) is 19.2 Å². The van der Waals surface area contributed by atoms with E-state index in [1.54, 1.807) is 48.5 Å². The highest BCUT2D eigenvalue weighted by Crippen LogP contribution is 2.19. The first-order chi connectivity index (χ1) is 19.2. The number of nitrogens with one attached hydrogen (secondary N) is 4. The largest absolute Gasteiger partial charge is 0.493 e. The van der Waals surface area contributed by atoms with Crippen LogP contribution >= 0.6 is 11.6 Å². The average Bonchev–Trinajstić information content (AvgIpc) is 2.93. The zero-order valence-corrected chi connectivity index (χ0v) is 23.6. The van der Waals surface area contributed by atoms with E-state index in [-0.39, 0.29) is 55.9 Å². The van der Waals surface area contributed by atoms with Crippen molar-refractivity contribution in [2.75, 3.05) is 26.3 Å². The molecule has 2 aromatic carbocycles. The second-order valence-electron chi connectivity index (χ2n) is 9.90. The van der Waals surface area contributed by atoms with E-state index in [4.69, 9.17) is 21.1 Å². The molecular weight excluding hydrogens is 536 g/mol. The van der Waals surface area contributed by atoms with E-state index in [0.29, 0.717) is 35.9 Å². The molecule has 2 atom stereocenters. The zero-order chi connectivity index (χ0) is 28.9. The Balaban J connectivity index is 1.71. The van der Waals surface area contributed by atoms with Gasteiger partial charge < -0.3 is 30.7 Å². The Morgan fingerprint density at radius 2 is 1.85 bits per heavy atom. The van der Waals surface area contributed by atoms with E-state index in [1.165, 1.54) is 0 Å². The Hall–Kier alpha value is -3.79. The molecule has 0 bridgehead atoms. The van der Waals surface area contributed by atoms with Crippen molar-refractivity contribution < 1.29 is 28.7 Å². The number of benzene rings is 2. The number of amides is 4. The van der Waals surface area contributed by atoms with Crippen molar-refractivity contribution in [2.45, 2.75) is 51.6 Å². The van der Waals surface area contributed by atoms with Crippen LogP contribution in [0, 0.1) is 5.92 Å². The number of para-hydroxylation sites is 1. The molecule has 4 N–H and O–H groups in total. The van der Waals surface area contributed by atoms with Crippen LogP contribution in [0.15, 0.2) is 48.5 Å². The van der Waals surface area contributed by atoms with E-state index in [1.807, 2.05) is 13.8 Å². The van der Waals surface area contributed by atoms with Crippen LogP contribution in [0.5, 0.6) is 11.5 Å². The van der Waals surface area contributed by atoms with Gasteiger partial charge in [0.05, 0.1) is 18.7 Å². The van der Waals surface area contributed by atoms with Gasteiger partial charge in [-0.25, -0.2) is 0 Å². The second-order valence-corrected chi connectivity index (χ2v) is 10.3. The smallest absolute Gasteiger partial charge is 0.255 e. The van der Waals surface area contributed by atoms with E-state index in [0.717, 1.165) is 0 Å². The van der Waals surface area contributed by atoms with Crippen LogP contribution in [0.4, 0.5) is 0 Å². The van der Waals surface area contributed by atoms with Gasteiger partial charge in [0.2, 0.25) is 17.7 Å². The van der Waals surface area contributed by atoms with Crippen molar-refractivity contribution in [3.05, 3.63) is 59.1 Å². The van der Waals surface area contributed by atoms with Crippen molar-refractivity contribution in [1.82, 2.24) is 21.3 Å². The molecule has 216 valence electrons. The van der Waals surface area contributed by atoms with Gasteiger partial charge in [-0.2, -0.15) is 0 Å². The third-order valence-corrected chi connectivity index (χ3v) is 6.39. The quantitative estimate of drug-likeness (QED) is 0.377. The molecule has 10 nitrogen and oxygen atoms in total. The first kappa shape index (κ1) is 30.7. The molecule has 0 fully saturated rings. The van der Waals surface area contributed by atoms with Crippen LogP contribution in [-0.2, 0) is 14.4 Å². The maximum atomic E-state index is 13.2. The fourth-order valence-corrected chi connectivity index (χ4v) is 4.24. The normalized spacial score (nSPS) is 18.9. The van der Waals surface area contributed by atoms with E-state index < -0.39 is 23.9 Å². The molecule has 1 heterocycles. The second kappa shape index (κ2) is 15.7. The van der Waals surface area contributed by atoms with Crippen LogP contribution in [-0.4, -0.2) is 62.0 Å². The highest BCUT2D eigenvalue weighted by atomic mass is 35.5. The molecule has 4 amide bonds. The lowest BCUT2D eigenvalue weighted by molar-refractivity contribution is -0.129. The van der Waals surface area contributed by atoms with Gasteiger partial charge in [-0.05, 0) is 61.6 Å². The van der Waals surface area contributed by atoms with Crippen molar-refractivity contribution in [3.63, 3.8) is 0 Å². The van der Waals surface area contributed by atoms with E-state index >= 15 is 0 Å². The monoisotopic (exact) mass is 572 g/mol. The molecule has 11 heteroatoms. The summed E-state index contributed by atoms with van der Waals surface area (Å²) in [5, 5.41) is 11.7. The Morgan fingerprint density at radius 1 is 1.10 bits per heavy atom. The molecule has 40 heavy (non-hydrogen) atoms. The number of carbonyl (C=O) groups is 4. The highest BCUT2D eigenvalue weighted by molar-refractivity contribution is 6.30. The standard InChI is InChI=1S/C29H37ClN4O6/c1-19(2)18-24-29(38)31-14-5-16-40-25-7-4-3-6-22(25)27(36)34-23(12-13-26(35)33-24)28(37)32-15-17-39-21-10-8-20(30)9-11-21/h3-4,6-11,19,23-24H,5,12-18H2,1-2H3,(H,31,38)(H,32,37)(H,33,35)(H,34,36)/t23-,24?/m0/s1. The van der Waals surface area contributed by atoms with Gasteiger partial charge >= 0.3 is 0 Å². The first-order valence-corrected chi connectivity index (χ1v) is 13.9. The number of carbonyl (C=O) groups excluding carboxylic acids is 4. The van der Waals surface area contributed by atoms with Crippen molar-refractivity contribution in [2.24, 2.45) is 5.92 Å². The summed E-state index contributed by atoms with van der Waals surface area (Å²) in [6.45, 7) is 4.94. The number of fused-ring (bicyclic) bond motifs is 1. The van der Waals surface area contributed by atoms with Crippen LogP contribution in [0.25, 0.3) is 0 Å². The maximum absolute atomic E-state index is 13.2. The molecular formula is C29H37ClN4O6. The predicted molar refractivity (Wildman–Crippen MR) is 151 cm³/mol. The molecule has 0 aromatic heterocycles. The van der Waals surface area contributed by atoms with Gasteiger partial charge in [0.25, 0.3) is 5.91 Å². The average molecular weight is 573 g/mol. The summed E-state index contributed by atoms with van der Waals surface area (Å²) >= 11 is 5.89. The fourth-order valence-electron chi connectivity index (χ4n) is 4.12. The molecule has 3 rings (SSSR count). The van der Waals surface area contributed by atoms with Crippen LogP contribution in [0.2, 0.25) is 5.02 Å². The van der Waals surface area contributed by atoms with E-state index in [2.05, 4.69) is 21.3 Å². The molecule has 0 radical (unpaired) electrons. The SMILES string of the molecule is CC(C)CC1NC(=O)CC[C@@H](C(=O)NCCOc2ccc(Cl)cc2)NC(=O)c2ccccc2OCCCNC1=O. The van der Waals surface area contributed by atoms with Gasteiger partial charge in [0.15, 0.2) is 0 Å². The van der Waals surface area contributed by atoms with Crippen LogP contribution < -0.4 is 30.7 Å². The number of halogens is 1. The lowest BCUT2D eigenvalue weighted by atomic mass is 10.0. The molecule has 1 aliphatic rings. The predicted octanol–water partition coefficient (Wildman–Crippen LogP) is 2.84. The summed E-state index contributed by atoms with van der Waals surface area (Å²) in [6, 6.07) is 11.9.